The van der Waals surface area contributed by atoms with Gasteiger partial charge in [0, 0.05) is 13.2 Å². The lowest BCUT2D eigenvalue weighted by atomic mass is 10.4. The van der Waals surface area contributed by atoms with Crippen LogP contribution in [0.5, 0.6) is 0 Å². The minimum atomic E-state index is -0.628. The molecular weight excluding hydrogens is 184 g/mol. The van der Waals surface area contributed by atoms with E-state index < -0.39 is 12.3 Å². The summed E-state index contributed by atoms with van der Waals surface area (Å²) in [5, 5.41) is 0. The number of methoxy groups -OCH3 is 1. The molecule has 4 nitrogen and oxygen atoms in total. The summed E-state index contributed by atoms with van der Waals surface area (Å²) in [6.45, 7) is 6.16. The molecular formula is C10H18O4. The summed E-state index contributed by atoms with van der Waals surface area (Å²) in [7, 11) is 1.53. The molecule has 4 heteroatoms. The van der Waals surface area contributed by atoms with Gasteiger partial charge in [-0.15, -0.1) is 0 Å². The molecule has 0 rings (SSSR count). The summed E-state index contributed by atoms with van der Waals surface area (Å²) >= 11 is 0. The SMILES string of the molecule is C=CC(=O)OC(COC)OCCCC. The molecule has 0 aliphatic heterocycles. The van der Waals surface area contributed by atoms with Crippen molar-refractivity contribution in [2.45, 2.75) is 26.1 Å². The summed E-state index contributed by atoms with van der Waals surface area (Å²) < 4.78 is 15.0. The standard InChI is InChI=1S/C10H18O4/c1-4-6-7-13-10(8-12-3)14-9(11)5-2/h5,10H,2,4,6-8H2,1,3H3. The summed E-state index contributed by atoms with van der Waals surface area (Å²) in [5.41, 5.74) is 0. The molecule has 0 aliphatic rings. The van der Waals surface area contributed by atoms with Crippen LogP contribution in [0.3, 0.4) is 0 Å². The third-order valence-electron chi connectivity index (χ3n) is 1.52. The minimum Gasteiger partial charge on any atom is -0.430 e. The Balaban J connectivity index is 3.76. The molecule has 0 saturated heterocycles. The summed E-state index contributed by atoms with van der Waals surface area (Å²) in [5.74, 6) is -0.497. The molecule has 0 spiro atoms. The van der Waals surface area contributed by atoms with Crippen LogP contribution in [-0.4, -0.2) is 32.6 Å². The first kappa shape index (κ1) is 13.1. The third-order valence-corrected chi connectivity index (χ3v) is 1.52. The van der Waals surface area contributed by atoms with Crippen LogP contribution < -0.4 is 0 Å². The average Bonchev–Trinajstić information content (AvgIpc) is 2.18. The normalized spacial score (nSPS) is 12.1. The summed E-state index contributed by atoms with van der Waals surface area (Å²) in [6, 6.07) is 0. The zero-order valence-electron chi connectivity index (χ0n) is 8.82. The van der Waals surface area contributed by atoms with Gasteiger partial charge in [-0.1, -0.05) is 19.9 Å². The zero-order chi connectivity index (χ0) is 10.8. The molecule has 0 amide bonds. The Hall–Kier alpha value is -0.870. The summed E-state index contributed by atoms with van der Waals surface area (Å²) in [6.07, 6.45) is 2.45. The molecule has 1 unspecified atom stereocenters. The van der Waals surface area contributed by atoms with Gasteiger partial charge >= 0.3 is 5.97 Å². The van der Waals surface area contributed by atoms with Crippen LogP contribution in [0.25, 0.3) is 0 Å². The van der Waals surface area contributed by atoms with Crippen molar-refractivity contribution < 1.29 is 19.0 Å². The Morgan fingerprint density at radius 1 is 1.57 bits per heavy atom. The van der Waals surface area contributed by atoms with Gasteiger partial charge in [-0.05, 0) is 6.42 Å². The second kappa shape index (κ2) is 8.72. The number of esters is 1. The highest BCUT2D eigenvalue weighted by Gasteiger charge is 2.11. The summed E-state index contributed by atoms with van der Waals surface area (Å²) in [4.78, 5) is 10.9. The quantitative estimate of drug-likeness (QED) is 0.259. The Morgan fingerprint density at radius 2 is 2.29 bits per heavy atom. The van der Waals surface area contributed by atoms with Crippen molar-refractivity contribution in [1.29, 1.82) is 0 Å². The Morgan fingerprint density at radius 3 is 2.79 bits per heavy atom. The fraction of sp³-hybridized carbons (Fsp3) is 0.700. The van der Waals surface area contributed by atoms with E-state index in [0.717, 1.165) is 18.9 Å². The maximum Gasteiger partial charge on any atom is 0.332 e. The van der Waals surface area contributed by atoms with E-state index in [2.05, 4.69) is 13.5 Å². The van der Waals surface area contributed by atoms with Gasteiger partial charge in [0.1, 0.15) is 6.61 Å². The monoisotopic (exact) mass is 202 g/mol. The van der Waals surface area contributed by atoms with Gasteiger partial charge in [-0.2, -0.15) is 0 Å². The van der Waals surface area contributed by atoms with E-state index in [0.29, 0.717) is 6.61 Å². The molecule has 0 aromatic rings. The fourth-order valence-corrected chi connectivity index (χ4v) is 0.789. The highest BCUT2D eigenvalue weighted by Crippen LogP contribution is 1.99. The predicted molar refractivity (Wildman–Crippen MR) is 52.8 cm³/mol. The van der Waals surface area contributed by atoms with Crippen LogP contribution in [0.2, 0.25) is 0 Å². The van der Waals surface area contributed by atoms with E-state index in [4.69, 9.17) is 14.2 Å². The lowest BCUT2D eigenvalue weighted by Crippen LogP contribution is -2.25. The van der Waals surface area contributed by atoms with Gasteiger partial charge in [0.2, 0.25) is 6.29 Å². The number of unbranched alkanes of at least 4 members (excludes halogenated alkanes) is 1. The second-order valence-corrected chi connectivity index (χ2v) is 2.75. The molecule has 0 heterocycles. The molecule has 0 N–H and O–H groups in total. The maximum atomic E-state index is 10.9. The highest BCUT2D eigenvalue weighted by molar-refractivity contribution is 5.81. The Kier molecular flexibility index (Phi) is 8.17. The van der Waals surface area contributed by atoms with Crippen LogP contribution in [0.1, 0.15) is 19.8 Å². The maximum absolute atomic E-state index is 10.9. The van der Waals surface area contributed by atoms with Gasteiger partial charge < -0.3 is 14.2 Å². The number of carbonyl (C=O) groups is 1. The number of carbonyl (C=O) groups excluding carboxylic acids is 1. The van der Waals surface area contributed by atoms with Crippen LogP contribution in [-0.2, 0) is 19.0 Å². The van der Waals surface area contributed by atoms with E-state index >= 15 is 0 Å². The molecule has 82 valence electrons. The number of ether oxygens (including phenoxy) is 3. The third kappa shape index (κ3) is 6.62. The molecule has 1 atom stereocenters. The van der Waals surface area contributed by atoms with E-state index in [1.165, 1.54) is 7.11 Å². The van der Waals surface area contributed by atoms with Gasteiger partial charge in [0.05, 0.1) is 6.61 Å². The van der Waals surface area contributed by atoms with Crippen LogP contribution >= 0.6 is 0 Å². The predicted octanol–water partition coefficient (Wildman–Crippen LogP) is 1.50. The topological polar surface area (TPSA) is 44.8 Å². The average molecular weight is 202 g/mol. The smallest absolute Gasteiger partial charge is 0.332 e. The number of hydrogen-bond acceptors (Lipinski definition) is 4. The highest BCUT2D eigenvalue weighted by atomic mass is 16.7. The fourth-order valence-electron chi connectivity index (χ4n) is 0.789. The molecule has 0 saturated carbocycles. The minimum absolute atomic E-state index is 0.239. The van der Waals surface area contributed by atoms with E-state index in [9.17, 15) is 4.79 Å². The van der Waals surface area contributed by atoms with Crippen LogP contribution in [0.15, 0.2) is 12.7 Å². The van der Waals surface area contributed by atoms with Crippen molar-refractivity contribution in [1.82, 2.24) is 0 Å². The first-order valence-corrected chi connectivity index (χ1v) is 4.68. The molecule has 0 aromatic carbocycles. The van der Waals surface area contributed by atoms with E-state index in [-0.39, 0.29) is 6.61 Å². The van der Waals surface area contributed by atoms with Crippen LogP contribution in [0, 0.1) is 0 Å². The van der Waals surface area contributed by atoms with Crippen molar-refractivity contribution in [2.75, 3.05) is 20.3 Å². The van der Waals surface area contributed by atoms with Crippen molar-refractivity contribution in [3.8, 4) is 0 Å². The van der Waals surface area contributed by atoms with Gasteiger partial charge in [0.15, 0.2) is 0 Å². The lowest BCUT2D eigenvalue weighted by Gasteiger charge is -2.16. The molecule has 0 aromatic heterocycles. The van der Waals surface area contributed by atoms with Gasteiger partial charge in [0.25, 0.3) is 0 Å². The number of hydrogen-bond donors (Lipinski definition) is 0. The van der Waals surface area contributed by atoms with Crippen LogP contribution in [0.4, 0.5) is 0 Å². The number of rotatable bonds is 8. The lowest BCUT2D eigenvalue weighted by molar-refractivity contribution is -0.183. The van der Waals surface area contributed by atoms with Crippen molar-refractivity contribution >= 4 is 5.97 Å². The van der Waals surface area contributed by atoms with E-state index in [1.54, 1.807) is 0 Å². The molecule has 0 radical (unpaired) electrons. The van der Waals surface area contributed by atoms with E-state index in [1.807, 2.05) is 0 Å². The Bertz CT molecular complexity index is 168. The van der Waals surface area contributed by atoms with Gasteiger partial charge in [-0.3, -0.25) is 0 Å². The molecule has 0 aliphatic carbocycles. The zero-order valence-corrected chi connectivity index (χ0v) is 8.82. The van der Waals surface area contributed by atoms with Gasteiger partial charge in [-0.25, -0.2) is 4.79 Å². The van der Waals surface area contributed by atoms with Crippen molar-refractivity contribution in [3.63, 3.8) is 0 Å². The first-order chi connectivity index (χ1) is 6.74. The van der Waals surface area contributed by atoms with Crippen molar-refractivity contribution in [2.24, 2.45) is 0 Å². The second-order valence-electron chi connectivity index (χ2n) is 2.75. The molecule has 14 heavy (non-hydrogen) atoms. The first-order valence-electron chi connectivity index (χ1n) is 4.68. The molecule has 0 fully saturated rings. The Labute approximate surface area is 84.8 Å². The van der Waals surface area contributed by atoms with Crippen molar-refractivity contribution in [3.05, 3.63) is 12.7 Å². The largest absolute Gasteiger partial charge is 0.430 e. The molecule has 0 bridgehead atoms.